The Morgan fingerprint density at radius 1 is 1.42 bits per heavy atom. The van der Waals surface area contributed by atoms with Crippen molar-refractivity contribution >= 4 is 5.69 Å². The molecule has 3 heteroatoms. The summed E-state index contributed by atoms with van der Waals surface area (Å²) < 4.78 is 6.13. The van der Waals surface area contributed by atoms with Crippen LogP contribution in [0, 0.1) is 5.92 Å². The van der Waals surface area contributed by atoms with Gasteiger partial charge in [0.05, 0.1) is 12.2 Å². The molecule has 0 spiro atoms. The molecule has 0 radical (unpaired) electrons. The van der Waals surface area contributed by atoms with Gasteiger partial charge in [-0.15, -0.1) is 0 Å². The number of nitrogens with two attached hydrogens (primary N) is 1. The molecule has 1 aromatic carbocycles. The largest absolute Gasteiger partial charge is 0.486 e. The van der Waals surface area contributed by atoms with Crippen LogP contribution in [0.15, 0.2) is 18.2 Å². The lowest BCUT2D eigenvalue weighted by Crippen LogP contribution is -2.43. The Bertz CT molecular complexity index is 417. The standard InChI is InChI=1S/C16H26N2O/c1-4-13-6-7-15-14(10-13)18(9-5-8-17)11-16(19-15)12(2)3/h6-7,10,12,16H,4-5,8-9,11,17H2,1-3H3. The van der Waals surface area contributed by atoms with E-state index in [0.717, 1.165) is 38.2 Å². The number of hydrogen-bond acceptors (Lipinski definition) is 3. The molecule has 1 aromatic rings. The average molecular weight is 262 g/mol. The molecule has 0 saturated heterocycles. The smallest absolute Gasteiger partial charge is 0.143 e. The highest BCUT2D eigenvalue weighted by molar-refractivity contribution is 5.61. The maximum Gasteiger partial charge on any atom is 0.143 e. The molecule has 3 nitrogen and oxygen atoms in total. The van der Waals surface area contributed by atoms with E-state index in [1.807, 2.05) is 0 Å². The van der Waals surface area contributed by atoms with Crippen molar-refractivity contribution < 1.29 is 4.74 Å². The third-order valence-corrected chi connectivity index (χ3v) is 3.83. The molecule has 19 heavy (non-hydrogen) atoms. The summed E-state index contributed by atoms with van der Waals surface area (Å²) >= 11 is 0. The molecular weight excluding hydrogens is 236 g/mol. The van der Waals surface area contributed by atoms with Gasteiger partial charge in [-0.25, -0.2) is 0 Å². The van der Waals surface area contributed by atoms with Gasteiger partial charge >= 0.3 is 0 Å². The fourth-order valence-corrected chi connectivity index (χ4v) is 2.49. The predicted octanol–water partition coefficient (Wildman–Crippen LogP) is 2.82. The van der Waals surface area contributed by atoms with Crippen molar-refractivity contribution in [3.63, 3.8) is 0 Å². The van der Waals surface area contributed by atoms with E-state index in [1.54, 1.807) is 0 Å². The topological polar surface area (TPSA) is 38.5 Å². The molecule has 0 aliphatic carbocycles. The highest BCUT2D eigenvalue weighted by Crippen LogP contribution is 2.35. The maximum atomic E-state index is 6.13. The number of anilines is 1. The maximum absolute atomic E-state index is 6.13. The quantitative estimate of drug-likeness (QED) is 0.887. The van der Waals surface area contributed by atoms with Crippen LogP contribution in [0.5, 0.6) is 5.75 Å². The second-order valence-electron chi connectivity index (χ2n) is 5.64. The zero-order valence-corrected chi connectivity index (χ0v) is 12.4. The fraction of sp³-hybridized carbons (Fsp3) is 0.625. The van der Waals surface area contributed by atoms with Gasteiger partial charge in [0.1, 0.15) is 11.9 Å². The van der Waals surface area contributed by atoms with Gasteiger partial charge in [0.15, 0.2) is 0 Å². The third-order valence-electron chi connectivity index (χ3n) is 3.83. The monoisotopic (exact) mass is 262 g/mol. The van der Waals surface area contributed by atoms with Crippen LogP contribution in [0.4, 0.5) is 5.69 Å². The lowest BCUT2D eigenvalue weighted by molar-refractivity contribution is 0.145. The first-order valence-corrected chi connectivity index (χ1v) is 7.40. The van der Waals surface area contributed by atoms with Crippen molar-refractivity contribution in [3.8, 4) is 5.75 Å². The average Bonchev–Trinajstić information content (AvgIpc) is 2.43. The summed E-state index contributed by atoms with van der Waals surface area (Å²) in [6.45, 7) is 9.36. The molecule has 1 unspecified atom stereocenters. The first-order valence-electron chi connectivity index (χ1n) is 7.40. The Kier molecular flexibility index (Phi) is 4.70. The third kappa shape index (κ3) is 3.21. The Balaban J connectivity index is 2.27. The van der Waals surface area contributed by atoms with Gasteiger partial charge in [-0.2, -0.15) is 0 Å². The number of fused-ring (bicyclic) bond motifs is 1. The highest BCUT2D eigenvalue weighted by atomic mass is 16.5. The van der Waals surface area contributed by atoms with Gasteiger partial charge in [-0.05, 0) is 43.0 Å². The van der Waals surface area contributed by atoms with E-state index in [-0.39, 0.29) is 6.10 Å². The van der Waals surface area contributed by atoms with Gasteiger partial charge in [0, 0.05) is 6.54 Å². The van der Waals surface area contributed by atoms with Crippen LogP contribution < -0.4 is 15.4 Å². The van der Waals surface area contributed by atoms with Crippen molar-refractivity contribution in [1.82, 2.24) is 0 Å². The second kappa shape index (κ2) is 6.29. The Morgan fingerprint density at radius 3 is 2.84 bits per heavy atom. The first kappa shape index (κ1) is 14.2. The Hall–Kier alpha value is -1.22. The second-order valence-corrected chi connectivity index (χ2v) is 5.64. The molecule has 1 aliphatic rings. The zero-order valence-electron chi connectivity index (χ0n) is 12.4. The van der Waals surface area contributed by atoms with E-state index in [2.05, 4.69) is 43.9 Å². The summed E-state index contributed by atoms with van der Waals surface area (Å²) in [6, 6.07) is 6.56. The van der Waals surface area contributed by atoms with E-state index in [4.69, 9.17) is 10.5 Å². The Morgan fingerprint density at radius 2 is 2.21 bits per heavy atom. The van der Waals surface area contributed by atoms with Crippen LogP contribution in [0.1, 0.15) is 32.8 Å². The summed E-state index contributed by atoms with van der Waals surface area (Å²) in [5.41, 5.74) is 8.26. The number of benzene rings is 1. The van der Waals surface area contributed by atoms with Gasteiger partial charge in [0.25, 0.3) is 0 Å². The minimum atomic E-state index is 0.276. The van der Waals surface area contributed by atoms with Crippen molar-refractivity contribution in [3.05, 3.63) is 23.8 Å². The normalized spacial score (nSPS) is 18.4. The van der Waals surface area contributed by atoms with Crippen LogP contribution in [0.3, 0.4) is 0 Å². The summed E-state index contributed by atoms with van der Waals surface area (Å²) in [4.78, 5) is 2.44. The predicted molar refractivity (Wildman–Crippen MR) is 81.0 cm³/mol. The zero-order chi connectivity index (χ0) is 13.8. The van der Waals surface area contributed by atoms with E-state index >= 15 is 0 Å². The van der Waals surface area contributed by atoms with Crippen LogP contribution in [-0.2, 0) is 6.42 Å². The SMILES string of the molecule is CCc1ccc2c(c1)N(CCCN)CC(C(C)C)O2. The number of rotatable bonds is 5. The molecule has 2 rings (SSSR count). The van der Waals surface area contributed by atoms with Crippen LogP contribution in [0.25, 0.3) is 0 Å². The minimum Gasteiger partial charge on any atom is -0.486 e. The number of nitrogens with zero attached hydrogens (tertiary/aromatic N) is 1. The molecule has 1 atom stereocenters. The van der Waals surface area contributed by atoms with Gasteiger partial charge in [-0.3, -0.25) is 0 Å². The van der Waals surface area contributed by atoms with Gasteiger partial charge in [-0.1, -0.05) is 26.8 Å². The molecule has 0 fully saturated rings. The molecule has 0 bridgehead atoms. The van der Waals surface area contributed by atoms with Crippen LogP contribution >= 0.6 is 0 Å². The summed E-state index contributed by atoms with van der Waals surface area (Å²) in [5.74, 6) is 1.55. The molecule has 106 valence electrons. The highest BCUT2D eigenvalue weighted by Gasteiger charge is 2.27. The number of hydrogen-bond donors (Lipinski definition) is 1. The fourth-order valence-electron chi connectivity index (χ4n) is 2.49. The van der Waals surface area contributed by atoms with E-state index in [9.17, 15) is 0 Å². The van der Waals surface area contributed by atoms with Crippen LogP contribution in [-0.4, -0.2) is 25.7 Å². The van der Waals surface area contributed by atoms with E-state index < -0.39 is 0 Å². The lowest BCUT2D eigenvalue weighted by atomic mass is 10.0. The molecule has 0 saturated carbocycles. The Labute approximate surface area is 116 Å². The van der Waals surface area contributed by atoms with Crippen molar-refractivity contribution in [2.45, 2.75) is 39.7 Å². The van der Waals surface area contributed by atoms with Crippen molar-refractivity contribution in [2.75, 3.05) is 24.5 Å². The molecule has 1 aliphatic heterocycles. The lowest BCUT2D eigenvalue weighted by Gasteiger charge is -2.38. The van der Waals surface area contributed by atoms with Crippen LogP contribution in [0.2, 0.25) is 0 Å². The molecular formula is C16H26N2O. The summed E-state index contributed by atoms with van der Waals surface area (Å²) in [5, 5.41) is 0. The number of aryl methyl sites for hydroxylation is 1. The van der Waals surface area contributed by atoms with E-state index in [0.29, 0.717) is 5.92 Å². The summed E-state index contributed by atoms with van der Waals surface area (Å²) in [6.07, 6.45) is 2.37. The van der Waals surface area contributed by atoms with Crippen molar-refractivity contribution in [2.24, 2.45) is 11.7 Å². The minimum absolute atomic E-state index is 0.276. The molecule has 0 amide bonds. The number of ether oxygens (including phenoxy) is 1. The van der Waals surface area contributed by atoms with Gasteiger partial charge < -0.3 is 15.4 Å². The van der Waals surface area contributed by atoms with E-state index in [1.165, 1.54) is 11.3 Å². The van der Waals surface area contributed by atoms with Crippen molar-refractivity contribution in [1.29, 1.82) is 0 Å². The first-order chi connectivity index (χ1) is 9.15. The summed E-state index contributed by atoms with van der Waals surface area (Å²) in [7, 11) is 0. The molecule has 2 N–H and O–H groups in total. The molecule has 1 heterocycles. The van der Waals surface area contributed by atoms with Gasteiger partial charge in [0.2, 0.25) is 0 Å². The molecule has 0 aromatic heterocycles.